The van der Waals surface area contributed by atoms with Crippen LogP contribution in [0.4, 0.5) is 10.1 Å². The number of benzene rings is 3. The third kappa shape index (κ3) is 5.49. The third-order valence-electron chi connectivity index (χ3n) is 4.34. The van der Waals surface area contributed by atoms with Crippen LogP contribution < -0.4 is 10.0 Å². The van der Waals surface area contributed by atoms with Gasteiger partial charge >= 0.3 is 0 Å². The first-order valence-electron chi connectivity index (χ1n) is 9.03. The molecule has 5 nitrogen and oxygen atoms in total. The van der Waals surface area contributed by atoms with Gasteiger partial charge in [-0.1, -0.05) is 60.2 Å². The van der Waals surface area contributed by atoms with Crippen molar-refractivity contribution in [2.24, 2.45) is 0 Å². The molecule has 3 aromatic carbocycles. The van der Waals surface area contributed by atoms with Crippen molar-refractivity contribution in [3.63, 3.8) is 0 Å². The Labute approximate surface area is 169 Å². The third-order valence-corrected chi connectivity index (χ3v) is 5.85. The minimum atomic E-state index is -4.24. The number of carbonyl (C=O) groups is 1. The zero-order chi connectivity index (χ0) is 20.9. The van der Waals surface area contributed by atoms with Gasteiger partial charge in [0.05, 0.1) is 0 Å². The minimum Gasteiger partial charge on any atom is -0.325 e. The minimum absolute atomic E-state index is 0.117. The summed E-state index contributed by atoms with van der Waals surface area (Å²) in [6.45, 7) is 1.92. The van der Waals surface area contributed by atoms with E-state index in [-0.39, 0.29) is 6.42 Å². The number of halogens is 1. The maximum atomic E-state index is 14.0. The molecule has 0 fully saturated rings. The van der Waals surface area contributed by atoms with E-state index in [2.05, 4.69) is 10.0 Å². The Morgan fingerprint density at radius 3 is 2.21 bits per heavy atom. The van der Waals surface area contributed by atoms with Gasteiger partial charge < -0.3 is 5.32 Å². The second-order valence-corrected chi connectivity index (χ2v) is 8.33. The van der Waals surface area contributed by atoms with Gasteiger partial charge in [0.15, 0.2) is 0 Å². The summed E-state index contributed by atoms with van der Waals surface area (Å²) in [5.41, 5.74) is 2.35. The molecule has 3 rings (SSSR count). The molecule has 29 heavy (non-hydrogen) atoms. The molecule has 0 aliphatic rings. The molecule has 0 aliphatic heterocycles. The summed E-state index contributed by atoms with van der Waals surface area (Å²) in [6.07, 6.45) is 0.117. The zero-order valence-electron chi connectivity index (χ0n) is 15.8. The van der Waals surface area contributed by atoms with Crippen molar-refractivity contribution in [2.75, 3.05) is 5.32 Å². The van der Waals surface area contributed by atoms with E-state index in [0.29, 0.717) is 5.69 Å². The molecule has 0 aliphatic carbocycles. The molecular formula is C22H21FN2O3S. The van der Waals surface area contributed by atoms with Crippen LogP contribution in [0.1, 0.15) is 11.1 Å². The largest absolute Gasteiger partial charge is 0.325 e. The van der Waals surface area contributed by atoms with Gasteiger partial charge in [0, 0.05) is 5.69 Å². The zero-order valence-corrected chi connectivity index (χ0v) is 16.6. The van der Waals surface area contributed by atoms with Crippen molar-refractivity contribution in [2.45, 2.75) is 24.3 Å². The Kier molecular flexibility index (Phi) is 6.41. The van der Waals surface area contributed by atoms with Crippen LogP contribution in [0.25, 0.3) is 0 Å². The van der Waals surface area contributed by atoms with Gasteiger partial charge in [0.1, 0.15) is 16.8 Å². The number of amides is 1. The molecule has 1 amide bonds. The lowest BCUT2D eigenvalue weighted by Gasteiger charge is -2.19. The first kappa shape index (κ1) is 20.7. The summed E-state index contributed by atoms with van der Waals surface area (Å²) in [6, 6.07) is 20.1. The highest BCUT2D eigenvalue weighted by molar-refractivity contribution is 7.89. The highest BCUT2D eigenvalue weighted by atomic mass is 32.2. The topological polar surface area (TPSA) is 75.3 Å². The SMILES string of the molecule is Cc1ccc(NC(=O)C(Cc2ccccc2)NS(=O)(=O)c2ccccc2F)cc1. The summed E-state index contributed by atoms with van der Waals surface area (Å²) >= 11 is 0. The molecule has 7 heteroatoms. The predicted molar refractivity (Wildman–Crippen MR) is 110 cm³/mol. The average Bonchev–Trinajstić information content (AvgIpc) is 2.70. The molecule has 2 N–H and O–H groups in total. The van der Waals surface area contributed by atoms with E-state index in [0.717, 1.165) is 23.3 Å². The molecule has 0 heterocycles. The quantitative estimate of drug-likeness (QED) is 0.622. The summed E-state index contributed by atoms with van der Waals surface area (Å²) in [5, 5.41) is 2.72. The second kappa shape index (κ2) is 8.98. The van der Waals surface area contributed by atoms with Gasteiger partial charge in [-0.2, -0.15) is 4.72 Å². The lowest BCUT2D eigenvalue weighted by molar-refractivity contribution is -0.117. The van der Waals surface area contributed by atoms with Gasteiger partial charge in [-0.15, -0.1) is 0 Å². The number of hydrogen-bond donors (Lipinski definition) is 2. The predicted octanol–water partition coefficient (Wildman–Crippen LogP) is 3.66. The van der Waals surface area contributed by atoms with E-state index < -0.39 is 32.7 Å². The summed E-state index contributed by atoms with van der Waals surface area (Å²) in [5.74, 6) is -1.41. The number of carbonyl (C=O) groups excluding carboxylic acids is 1. The van der Waals surface area contributed by atoms with Crippen molar-refractivity contribution in [1.29, 1.82) is 0 Å². The molecule has 0 spiro atoms. The number of rotatable bonds is 7. The molecule has 0 aromatic heterocycles. The van der Waals surface area contributed by atoms with Crippen molar-refractivity contribution in [3.8, 4) is 0 Å². The lowest BCUT2D eigenvalue weighted by atomic mass is 10.1. The van der Waals surface area contributed by atoms with Crippen LogP contribution in [0.2, 0.25) is 0 Å². The molecule has 0 saturated heterocycles. The standard InChI is InChI=1S/C22H21FN2O3S/c1-16-11-13-18(14-12-16)24-22(26)20(15-17-7-3-2-4-8-17)25-29(27,28)21-10-6-5-9-19(21)23/h2-14,20,25H,15H2,1H3,(H,24,26). The number of nitrogens with one attached hydrogen (secondary N) is 2. The molecule has 0 bridgehead atoms. The second-order valence-electron chi connectivity index (χ2n) is 6.65. The van der Waals surface area contributed by atoms with E-state index in [9.17, 15) is 17.6 Å². The Morgan fingerprint density at radius 2 is 1.55 bits per heavy atom. The molecule has 0 radical (unpaired) electrons. The first-order valence-corrected chi connectivity index (χ1v) is 10.5. The van der Waals surface area contributed by atoms with Crippen LogP contribution in [0.5, 0.6) is 0 Å². The first-order chi connectivity index (χ1) is 13.8. The van der Waals surface area contributed by atoms with Gasteiger partial charge in [-0.3, -0.25) is 4.79 Å². The molecule has 1 unspecified atom stereocenters. The molecule has 3 aromatic rings. The van der Waals surface area contributed by atoms with Crippen molar-refractivity contribution in [3.05, 3.63) is 95.8 Å². The maximum Gasteiger partial charge on any atom is 0.244 e. The Bertz CT molecular complexity index is 1080. The van der Waals surface area contributed by atoms with E-state index in [1.807, 2.05) is 25.1 Å². The smallest absolute Gasteiger partial charge is 0.244 e. The molecule has 150 valence electrons. The van der Waals surface area contributed by atoms with Crippen LogP contribution >= 0.6 is 0 Å². The van der Waals surface area contributed by atoms with Gasteiger partial charge in [-0.05, 0) is 43.2 Å². The van der Waals surface area contributed by atoms with Crippen LogP contribution in [-0.4, -0.2) is 20.4 Å². The number of sulfonamides is 1. The van der Waals surface area contributed by atoms with Crippen molar-refractivity contribution < 1.29 is 17.6 Å². The normalized spacial score (nSPS) is 12.3. The highest BCUT2D eigenvalue weighted by Gasteiger charge is 2.28. The van der Waals surface area contributed by atoms with Gasteiger partial charge in [-0.25, -0.2) is 12.8 Å². The lowest BCUT2D eigenvalue weighted by Crippen LogP contribution is -2.45. The van der Waals surface area contributed by atoms with E-state index in [1.165, 1.54) is 12.1 Å². The van der Waals surface area contributed by atoms with Crippen LogP contribution in [0, 0.1) is 12.7 Å². The average molecular weight is 412 g/mol. The van der Waals surface area contributed by atoms with E-state index >= 15 is 0 Å². The van der Waals surface area contributed by atoms with Crippen LogP contribution in [0.3, 0.4) is 0 Å². The number of anilines is 1. The summed E-state index contributed by atoms with van der Waals surface area (Å²) in [4.78, 5) is 12.4. The van der Waals surface area contributed by atoms with Crippen molar-refractivity contribution in [1.82, 2.24) is 4.72 Å². The van der Waals surface area contributed by atoms with Crippen molar-refractivity contribution >= 4 is 21.6 Å². The molecule has 0 saturated carbocycles. The van der Waals surface area contributed by atoms with E-state index in [1.54, 1.807) is 36.4 Å². The maximum absolute atomic E-state index is 14.0. The fourth-order valence-corrected chi connectivity index (χ4v) is 4.09. The summed E-state index contributed by atoms with van der Waals surface area (Å²) < 4.78 is 41.8. The number of hydrogen-bond acceptors (Lipinski definition) is 3. The van der Waals surface area contributed by atoms with E-state index in [4.69, 9.17) is 0 Å². The Hall–Kier alpha value is -3.03. The fraction of sp³-hybridized carbons (Fsp3) is 0.136. The Balaban J connectivity index is 1.87. The fourth-order valence-electron chi connectivity index (χ4n) is 2.82. The van der Waals surface area contributed by atoms with Gasteiger partial charge in [0.2, 0.25) is 15.9 Å². The molecule has 1 atom stereocenters. The van der Waals surface area contributed by atoms with Crippen LogP contribution in [-0.2, 0) is 21.2 Å². The molecular weight excluding hydrogens is 391 g/mol. The van der Waals surface area contributed by atoms with Gasteiger partial charge in [0.25, 0.3) is 0 Å². The summed E-state index contributed by atoms with van der Waals surface area (Å²) in [7, 11) is -4.24. The number of aryl methyl sites for hydroxylation is 1. The highest BCUT2D eigenvalue weighted by Crippen LogP contribution is 2.16. The Morgan fingerprint density at radius 1 is 0.931 bits per heavy atom. The van der Waals surface area contributed by atoms with Crippen LogP contribution in [0.15, 0.2) is 83.8 Å². The monoisotopic (exact) mass is 412 g/mol.